The lowest BCUT2D eigenvalue weighted by atomic mass is 10.1. The first-order valence-corrected chi connectivity index (χ1v) is 11.2. The molecule has 3 aromatic rings. The topological polar surface area (TPSA) is 29.8 Å². The Kier molecular flexibility index (Phi) is 8.77. The van der Waals surface area contributed by atoms with Gasteiger partial charge >= 0.3 is 11.5 Å². The monoisotopic (exact) mass is 405 g/mol. The molecule has 0 aliphatic heterocycles. The second-order valence-corrected chi connectivity index (χ2v) is 7.52. The first-order chi connectivity index (χ1) is 14.8. The van der Waals surface area contributed by atoms with Gasteiger partial charge in [-0.15, -0.1) is 0 Å². The van der Waals surface area contributed by atoms with Crippen molar-refractivity contribution in [1.29, 1.82) is 0 Å². The van der Waals surface area contributed by atoms with Crippen molar-refractivity contribution < 1.29 is 13.9 Å². The van der Waals surface area contributed by atoms with E-state index < -0.39 is 0 Å². The van der Waals surface area contributed by atoms with E-state index >= 15 is 0 Å². The van der Waals surface area contributed by atoms with Gasteiger partial charge in [-0.25, -0.2) is 4.42 Å². The summed E-state index contributed by atoms with van der Waals surface area (Å²) in [6, 6.07) is 22.2. The maximum Gasteiger partial charge on any atom is 0.360 e. The molecule has 3 heteroatoms. The molecule has 1 heterocycles. The summed E-state index contributed by atoms with van der Waals surface area (Å²) >= 11 is 0. The molecule has 2 aromatic carbocycles. The summed E-state index contributed by atoms with van der Waals surface area (Å²) in [5, 5.41) is 0. The van der Waals surface area contributed by atoms with E-state index in [0.717, 1.165) is 60.2 Å². The minimum absolute atomic E-state index is 0.769. The molecule has 0 saturated carbocycles. The molecule has 0 radical (unpaired) electrons. The summed E-state index contributed by atoms with van der Waals surface area (Å²) in [5.74, 6) is 3.48. The molecule has 3 rings (SSSR count). The third-order valence-electron chi connectivity index (χ3n) is 5.03. The minimum atomic E-state index is 0.769. The van der Waals surface area contributed by atoms with Crippen molar-refractivity contribution in [2.75, 3.05) is 13.2 Å². The van der Waals surface area contributed by atoms with E-state index in [-0.39, 0.29) is 0 Å². The van der Waals surface area contributed by atoms with Crippen molar-refractivity contribution in [2.45, 2.75) is 52.4 Å². The van der Waals surface area contributed by atoms with Gasteiger partial charge in [0.25, 0.3) is 0 Å². The number of hydrogen-bond donors (Lipinski definition) is 0. The van der Waals surface area contributed by atoms with Gasteiger partial charge in [0.05, 0.1) is 24.3 Å². The standard InChI is InChI=1S/C27H33O3/c1-3-5-7-20-28-24-16-12-22(13-17-24)26-10-9-11-27(30-26)23-14-18-25(19-15-23)29-21-8-6-4-2/h9-19H,3-8,20-21H2,1-2H3/q+1. The molecule has 0 unspecified atom stereocenters. The van der Waals surface area contributed by atoms with Crippen LogP contribution in [0.15, 0.2) is 71.1 Å². The van der Waals surface area contributed by atoms with Gasteiger partial charge in [0, 0.05) is 12.1 Å². The zero-order valence-corrected chi connectivity index (χ0v) is 18.2. The molecule has 30 heavy (non-hydrogen) atoms. The average Bonchev–Trinajstić information content (AvgIpc) is 2.80. The van der Waals surface area contributed by atoms with Gasteiger partial charge < -0.3 is 9.47 Å². The van der Waals surface area contributed by atoms with Crippen molar-refractivity contribution >= 4 is 0 Å². The lowest BCUT2D eigenvalue weighted by Gasteiger charge is -2.05. The van der Waals surface area contributed by atoms with Crippen LogP contribution in [0.5, 0.6) is 11.5 Å². The van der Waals surface area contributed by atoms with Crippen LogP contribution in [0.4, 0.5) is 0 Å². The summed E-state index contributed by atoms with van der Waals surface area (Å²) in [6.45, 7) is 5.93. The van der Waals surface area contributed by atoms with Crippen LogP contribution in [0, 0.1) is 0 Å². The van der Waals surface area contributed by atoms with Gasteiger partial charge in [-0.2, -0.15) is 0 Å². The molecule has 0 saturated heterocycles. The fourth-order valence-electron chi connectivity index (χ4n) is 3.23. The highest BCUT2D eigenvalue weighted by Gasteiger charge is 2.17. The Bertz CT molecular complexity index is 799. The molecule has 0 fully saturated rings. The van der Waals surface area contributed by atoms with Crippen LogP contribution in [0.1, 0.15) is 52.4 Å². The predicted molar refractivity (Wildman–Crippen MR) is 124 cm³/mol. The van der Waals surface area contributed by atoms with Gasteiger partial charge in [0.2, 0.25) is 0 Å². The zero-order valence-electron chi connectivity index (χ0n) is 18.2. The van der Waals surface area contributed by atoms with Crippen LogP contribution >= 0.6 is 0 Å². The first kappa shape index (κ1) is 21.9. The van der Waals surface area contributed by atoms with Crippen LogP contribution in [0.3, 0.4) is 0 Å². The maximum absolute atomic E-state index is 6.17. The zero-order chi connectivity index (χ0) is 21.0. The van der Waals surface area contributed by atoms with E-state index in [1.807, 2.05) is 66.7 Å². The molecule has 0 aliphatic rings. The van der Waals surface area contributed by atoms with E-state index in [2.05, 4.69) is 13.8 Å². The first-order valence-electron chi connectivity index (χ1n) is 11.2. The number of hydrogen-bond acceptors (Lipinski definition) is 2. The molecular formula is C27H33O3+. The van der Waals surface area contributed by atoms with Crippen LogP contribution in [-0.2, 0) is 0 Å². The maximum atomic E-state index is 6.17. The molecule has 0 aliphatic carbocycles. The Balaban J connectivity index is 1.63. The van der Waals surface area contributed by atoms with Gasteiger partial charge in [-0.05, 0) is 67.4 Å². The van der Waals surface area contributed by atoms with Gasteiger partial charge in [-0.3, -0.25) is 0 Å². The van der Waals surface area contributed by atoms with Crippen molar-refractivity contribution in [2.24, 2.45) is 0 Å². The fourth-order valence-corrected chi connectivity index (χ4v) is 3.23. The van der Waals surface area contributed by atoms with E-state index in [9.17, 15) is 0 Å². The van der Waals surface area contributed by atoms with Crippen LogP contribution in [-0.4, -0.2) is 13.2 Å². The molecule has 0 amide bonds. The third kappa shape index (κ3) is 6.62. The van der Waals surface area contributed by atoms with E-state index in [1.165, 1.54) is 25.7 Å². The van der Waals surface area contributed by atoms with Crippen molar-refractivity contribution in [3.05, 3.63) is 66.7 Å². The van der Waals surface area contributed by atoms with E-state index in [1.54, 1.807) is 0 Å². The number of rotatable bonds is 12. The Morgan fingerprint density at radius 3 is 1.40 bits per heavy atom. The quantitative estimate of drug-likeness (QED) is 0.226. The summed E-state index contributed by atoms with van der Waals surface area (Å²) in [4.78, 5) is 0. The number of ether oxygens (including phenoxy) is 2. The molecule has 0 bridgehead atoms. The molecule has 1 aromatic heterocycles. The molecule has 0 atom stereocenters. The lowest BCUT2D eigenvalue weighted by molar-refractivity contribution is 0.306. The average molecular weight is 406 g/mol. The molecule has 3 nitrogen and oxygen atoms in total. The SMILES string of the molecule is CCCCCOc1ccc(-c2cccc(-c3ccc(OCCCCC)cc3)[o+]2)cc1. The number of unbranched alkanes of at least 4 members (excludes halogenated alkanes) is 4. The second-order valence-electron chi connectivity index (χ2n) is 7.52. The minimum Gasteiger partial charge on any atom is -0.494 e. The van der Waals surface area contributed by atoms with Gasteiger partial charge in [-0.1, -0.05) is 39.5 Å². The highest BCUT2D eigenvalue weighted by atomic mass is 16.5. The highest BCUT2D eigenvalue weighted by molar-refractivity contribution is 5.63. The van der Waals surface area contributed by atoms with Gasteiger partial charge in [0.15, 0.2) is 0 Å². The number of benzene rings is 2. The Morgan fingerprint density at radius 1 is 0.567 bits per heavy atom. The smallest absolute Gasteiger partial charge is 0.360 e. The largest absolute Gasteiger partial charge is 0.494 e. The highest BCUT2D eigenvalue weighted by Crippen LogP contribution is 2.28. The lowest BCUT2D eigenvalue weighted by Crippen LogP contribution is -1.96. The van der Waals surface area contributed by atoms with Crippen molar-refractivity contribution in [1.82, 2.24) is 0 Å². The predicted octanol–water partition coefficient (Wildman–Crippen LogP) is 8.03. The van der Waals surface area contributed by atoms with E-state index in [0.29, 0.717) is 0 Å². The molecule has 0 spiro atoms. The Labute approximate surface area is 180 Å². The normalized spacial score (nSPS) is 10.7. The van der Waals surface area contributed by atoms with E-state index in [4.69, 9.17) is 13.9 Å². The van der Waals surface area contributed by atoms with Crippen LogP contribution in [0.25, 0.3) is 22.6 Å². The van der Waals surface area contributed by atoms with Crippen molar-refractivity contribution in [3.63, 3.8) is 0 Å². The summed E-state index contributed by atoms with van der Waals surface area (Å²) in [5.41, 5.74) is 2.07. The Hall–Kier alpha value is -2.81. The Morgan fingerprint density at radius 2 is 1.00 bits per heavy atom. The third-order valence-corrected chi connectivity index (χ3v) is 5.03. The molecule has 158 valence electrons. The molecule has 0 N–H and O–H groups in total. The fraction of sp³-hybridized carbons (Fsp3) is 0.370. The van der Waals surface area contributed by atoms with Crippen molar-refractivity contribution in [3.8, 4) is 34.1 Å². The van der Waals surface area contributed by atoms with Gasteiger partial charge in [0.1, 0.15) is 11.5 Å². The molecular weight excluding hydrogens is 372 g/mol. The summed E-state index contributed by atoms with van der Waals surface area (Å²) < 4.78 is 17.8. The summed E-state index contributed by atoms with van der Waals surface area (Å²) in [7, 11) is 0. The second kappa shape index (κ2) is 12.0. The van der Waals surface area contributed by atoms with Crippen LogP contribution < -0.4 is 9.47 Å². The summed E-state index contributed by atoms with van der Waals surface area (Å²) in [6.07, 6.45) is 7.01. The van der Waals surface area contributed by atoms with Crippen LogP contribution in [0.2, 0.25) is 0 Å².